The lowest BCUT2D eigenvalue weighted by atomic mass is 10.1. The molecule has 25 heavy (non-hydrogen) atoms. The van der Waals surface area contributed by atoms with Crippen molar-refractivity contribution in [3.8, 4) is 11.6 Å². The molecule has 0 bridgehead atoms. The van der Waals surface area contributed by atoms with Crippen LogP contribution in [-0.2, 0) is 13.0 Å². The Balaban J connectivity index is 1.55. The first-order chi connectivity index (χ1) is 12.3. The van der Waals surface area contributed by atoms with E-state index in [-0.39, 0.29) is 0 Å². The Labute approximate surface area is 148 Å². The molecule has 0 aliphatic carbocycles. The average Bonchev–Trinajstić information content (AvgIpc) is 2.86. The summed E-state index contributed by atoms with van der Waals surface area (Å²) in [6.45, 7) is 3.48. The second kappa shape index (κ2) is 7.11. The van der Waals surface area contributed by atoms with Gasteiger partial charge in [0.05, 0.1) is 12.6 Å². The fourth-order valence-corrected chi connectivity index (χ4v) is 3.26. The number of aromatic nitrogens is 1. The van der Waals surface area contributed by atoms with Crippen LogP contribution in [0.25, 0.3) is 10.9 Å². The van der Waals surface area contributed by atoms with Crippen molar-refractivity contribution in [3.05, 3.63) is 65.7 Å². The molecule has 3 aromatic rings. The van der Waals surface area contributed by atoms with Crippen LogP contribution in [0.1, 0.15) is 11.1 Å². The smallest absolute Gasteiger partial charge is 0.218 e. The zero-order valence-electron chi connectivity index (χ0n) is 14.4. The van der Waals surface area contributed by atoms with E-state index in [0.717, 1.165) is 54.2 Å². The topological polar surface area (TPSA) is 34.6 Å². The van der Waals surface area contributed by atoms with Crippen molar-refractivity contribution in [2.45, 2.75) is 13.0 Å². The maximum atomic E-state index is 5.91. The van der Waals surface area contributed by atoms with E-state index >= 15 is 0 Å². The lowest BCUT2D eigenvalue weighted by Gasteiger charge is -2.19. The number of benzene rings is 2. The number of nitrogens with zero attached hydrogens (tertiary/aromatic N) is 2. The van der Waals surface area contributed by atoms with Crippen LogP contribution in [0, 0.1) is 0 Å². The molecule has 0 atom stereocenters. The van der Waals surface area contributed by atoms with Crippen LogP contribution >= 0.6 is 0 Å². The van der Waals surface area contributed by atoms with Gasteiger partial charge < -0.3 is 9.47 Å². The predicted octanol–water partition coefficient (Wildman–Crippen LogP) is 3.68. The molecule has 0 unspecified atom stereocenters. The second-order valence-electron chi connectivity index (χ2n) is 6.37. The van der Waals surface area contributed by atoms with E-state index < -0.39 is 0 Å². The van der Waals surface area contributed by atoms with Crippen LogP contribution in [0.5, 0.6) is 11.6 Å². The summed E-state index contributed by atoms with van der Waals surface area (Å²) in [5.74, 6) is 1.62. The van der Waals surface area contributed by atoms with Crippen molar-refractivity contribution in [2.24, 2.45) is 0 Å². The molecule has 1 aromatic heterocycles. The van der Waals surface area contributed by atoms with E-state index in [1.807, 2.05) is 18.2 Å². The van der Waals surface area contributed by atoms with Crippen molar-refractivity contribution >= 4 is 10.9 Å². The Hall–Kier alpha value is -2.59. The van der Waals surface area contributed by atoms with Gasteiger partial charge in [-0.2, -0.15) is 0 Å². The maximum Gasteiger partial charge on any atom is 0.218 e. The molecular formula is C21H22N2O2. The van der Waals surface area contributed by atoms with Gasteiger partial charge in [-0.05, 0) is 36.2 Å². The van der Waals surface area contributed by atoms with Crippen LogP contribution in [0.15, 0.2) is 54.6 Å². The van der Waals surface area contributed by atoms with Crippen molar-refractivity contribution in [3.63, 3.8) is 0 Å². The number of rotatable bonds is 4. The summed E-state index contributed by atoms with van der Waals surface area (Å²) in [7, 11) is 1.69. The molecule has 0 fully saturated rings. The summed E-state index contributed by atoms with van der Waals surface area (Å²) in [5.41, 5.74) is 3.46. The van der Waals surface area contributed by atoms with Gasteiger partial charge in [0.1, 0.15) is 12.4 Å². The Morgan fingerprint density at radius 2 is 2.00 bits per heavy atom. The van der Waals surface area contributed by atoms with E-state index in [2.05, 4.69) is 41.3 Å². The Kier molecular flexibility index (Phi) is 4.53. The summed E-state index contributed by atoms with van der Waals surface area (Å²) in [5, 5.41) is 1.09. The highest BCUT2D eigenvalue weighted by molar-refractivity contribution is 5.81. The van der Waals surface area contributed by atoms with Crippen LogP contribution < -0.4 is 9.47 Å². The minimum atomic E-state index is 0.677. The molecule has 0 N–H and O–H groups in total. The van der Waals surface area contributed by atoms with Gasteiger partial charge in [0.25, 0.3) is 0 Å². The molecule has 128 valence electrons. The molecule has 0 spiro atoms. The molecule has 1 aliphatic rings. The molecule has 0 saturated carbocycles. The minimum absolute atomic E-state index is 0.677. The minimum Gasteiger partial charge on any atom is -0.497 e. The lowest BCUT2D eigenvalue weighted by molar-refractivity contribution is 0.225. The van der Waals surface area contributed by atoms with Crippen LogP contribution in [0.2, 0.25) is 0 Å². The fraction of sp³-hybridized carbons (Fsp3) is 0.286. The normalized spacial score (nSPS) is 14.6. The Morgan fingerprint density at radius 1 is 1.12 bits per heavy atom. The van der Waals surface area contributed by atoms with E-state index in [9.17, 15) is 0 Å². The standard InChI is InChI=1S/C21H22N2O2/c1-24-19-7-8-20-17(14-19)13-18-15-23(11-12-25-21(18)22-20)10-9-16-5-3-2-4-6-16/h2-8,13-14H,9-12,15H2,1H3. The zero-order valence-corrected chi connectivity index (χ0v) is 14.4. The van der Waals surface area contributed by atoms with Crippen molar-refractivity contribution in [2.75, 3.05) is 26.8 Å². The molecule has 2 aromatic carbocycles. The monoisotopic (exact) mass is 334 g/mol. The van der Waals surface area contributed by atoms with Gasteiger partial charge in [-0.25, -0.2) is 4.98 Å². The van der Waals surface area contributed by atoms with Gasteiger partial charge in [-0.1, -0.05) is 30.3 Å². The van der Waals surface area contributed by atoms with Crippen molar-refractivity contribution in [1.82, 2.24) is 9.88 Å². The lowest BCUT2D eigenvalue weighted by Crippen LogP contribution is -2.27. The third kappa shape index (κ3) is 3.59. The summed E-state index contributed by atoms with van der Waals surface area (Å²) in [6, 6.07) is 18.8. The molecule has 2 heterocycles. The molecule has 4 nitrogen and oxygen atoms in total. The summed E-state index contributed by atoms with van der Waals surface area (Å²) < 4.78 is 11.2. The summed E-state index contributed by atoms with van der Waals surface area (Å²) in [6.07, 6.45) is 1.05. The predicted molar refractivity (Wildman–Crippen MR) is 99.2 cm³/mol. The number of hydrogen-bond donors (Lipinski definition) is 0. The number of methoxy groups -OCH3 is 1. The quantitative estimate of drug-likeness (QED) is 0.729. The second-order valence-corrected chi connectivity index (χ2v) is 6.37. The molecule has 4 rings (SSSR count). The van der Waals surface area contributed by atoms with Gasteiger partial charge in [0.15, 0.2) is 0 Å². The van der Waals surface area contributed by atoms with Crippen molar-refractivity contribution < 1.29 is 9.47 Å². The summed E-state index contributed by atoms with van der Waals surface area (Å²) >= 11 is 0. The van der Waals surface area contributed by atoms with Gasteiger partial charge in [0, 0.05) is 30.6 Å². The van der Waals surface area contributed by atoms with Crippen LogP contribution in [0.4, 0.5) is 0 Å². The number of ether oxygens (including phenoxy) is 2. The van der Waals surface area contributed by atoms with Gasteiger partial charge >= 0.3 is 0 Å². The molecule has 4 heteroatoms. The largest absolute Gasteiger partial charge is 0.497 e. The third-order valence-corrected chi connectivity index (χ3v) is 4.66. The van der Waals surface area contributed by atoms with E-state index in [4.69, 9.17) is 14.5 Å². The molecular weight excluding hydrogens is 312 g/mol. The maximum absolute atomic E-state index is 5.91. The number of pyridine rings is 1. The Morgan fingerprint density at radius 3 is 2.84 bits per heavy atom. The van der Waals surface area contributed by atoms with E-state index in [1.165, 1.54) is 5.56 Å². The van der Waals surface area contributed by atoms with Crippen molar-refractivity contribution in [1.29, 1.82) is 0 Å². The summed E-state index contributed by atoms with van der Waals surface area (Å²) in [4.78, 5) is 7.14. The SMILES string of the molecule is COc1ccc2nc3c(cc2c1)CN(CCc1ccccc1)CCO3. The average molecular weight is 334 g/mol. The van der Waals surface area contributed by atoms with E-state index in [0.29, 0.717) is 6.61 Å². The molecule has 0 amide bonds. The number of hydrogen-bond acceptors (Lipinski definition) is 4. The van der Waals surface area contributed by atoms with Gasteiger partial charge in [-0.3, -0.25) is 4.90 Å². The van der Waals surface area contributed by atoms with Crippen LogP contribution in [0.3, 0.4) is 0 Å². The molecule has 0 saturated heterocycles. The zero-order chi connectivity index (χ0) is 17.1. The third-order valence-electron chi connectivity index (χ3n) is 4.66. The van der Waals surface area contributed by atoms with Gasteiger partial charge in [0.2, 0.25) is 5.88 Å². The first kappa shape index (κ1) is 15.9. The first-order valence-corrected chi connectivity index (χ1v) is 8.68. The number of fused-ring (bicyclic) bond motifs is 2. The molecule has 1 aliphatic heterocycles. The van der Waals surface area contributed by atoms with Crippen LogP contribution in [-0.4, -0.2) is 36.7 Å². The molecule has 0 radical (unpaired) electrons. The highest BCUT2D eigenvalue weighted by Crippen LogP contribution is 2.28. The van der Waals surface area contributed by atoms with Gasteiger partial charge in [-0.15, -0.1) is 0 Å². The highest BCUT2D eigenvalue weighted by atomic mass is 16.5. The first-order valence-electron chi connectivity index (χ1n) is 8.68. The highest BCUT2D eigenvalue weighted by Gasteiger charge is 2.17. The van der Waals surface area contributed by atoms with E-state index in [1.54, 1.807) is 7.11 Å². The fourth-order valence-electron chi connectivity index (χ4n) is 3.26. The Bertz CT molecular complexity index is 864.